The lowest BCUT2D eigenvalue weighted by Gasteiger charge is -2.15. The summed E-state index contributed by atoms with van der Waals surface area (Å²) >= 11 is 0. The molecule has 0 radical (unpaired) electrons. The van der Waals surface area contributed by atoms with Gasteiger partial charge < -0.3 is 5.32 Å². The molecule has 0 bridgehead atoms. The zero-order chi connectivity index (χ0) is 15.5. The summed E-state index contributed by atoms with van der Waals surface area (Å²) in [6.07, 6.45) is 3.69. The van der Waals surface area contributed by atoms with Crippen LogP contribution in [0.4, 0.5) is 0 Å². The standard InChI is InChI=1S/C18H16N2O2/c1-12-5-2-3-6-13(12)8-10-19-15-11-16(21)14-7-4-9-20-17(14)18(15)22/h2-7,9,11,19H,8,10H2,1H3. The van der Waals surface area contributed by atoms with E-state index in [1.165, 1.54) is 23.4 Å². The van der Waals surface area contributed by atoms with Gasteiger partial charge in [-0.25, -0.2) is 0 Å². The molecular formula is C18H16N2O2. The third-order valence-corrected chi connectivity index (χ3v) is 3.78. The molecule has 4 nitrogen and oxygen atoms in total. The van der Waals surface area contributed by atoms with Crippen LogP contribution in [-0.4, -0.2) is 23.1 Å². The minimum absolute atomic E-state index is 0.180. The lowest BCUT2D eigenvalue weighted by Crippen LogP contribution is -2.29. The van der Waals surface area contributed by atoms with E-state index in [-0.39, 0.29) is 17.3 Å². The molecule has 3 rings (SSSR count). The van der Waals surface area contributed by atoms with Crippen molar-refractivity contribution < 1.29 is 9.59 Å². The topological polar surface area (TPSA) is 59.1 Å². The summed E-state index contributed by atoms with van der Waals surface area (Å²) in [6, 6.07) is 11.4. The highest BCUT2D eigenvalue weighted by Gasteiger charge is 2.26. The summed E-state index contributed by atoms with van der Waals surface area (Å²) in [7, 11) is 0. The van der Waals surface area contributed by atoms with E-state index < -0.39 is 0 Å². The Morgan fingerprint density at radius 1 is 1.09 bits per heavy atom. The monoisotopic (exact) mass is 292 g/mol. The molecule has 1 aliphatic rings. The van der Waals surface area contributed by atoms with Gasteiger partial charge in [0.2, 0.25) is 5.78 Å². The average Bonchev–Trinajstić information content (AvgIpc) is 2.54. The molecule has 110 valence electrons. The molecule has 0 aliphatic heterocycles. The molecule has 0 amide bonds. The highest BCUT2D eigenvalue weighted by atomic mass is 16.1. The first kappa shape index (κ1) is 14.2. The molecular weight excluding hydrogens is 276 g/mol. The van der Waals surface area contributed by atoms with Crippen LogP contribution >= 0.6 is 0 Å². The van der Waals surface area contributed by atoms with Gasteiger partial charge in [-0.2, -0.15) is 0 Å². The molecule has 1 aromatic heterocycles. The molecule has 0 fully saturated rings. The van der Waals surface area contributed by atoms with Crippen LogP contribution in [0.1, 0.15) is 32.0 Å². The van der Waals surface area contributed by atoms with E-state index >= 15 is 0 Å². The van der Waals surface area contributed by atoms with Crippen LogP contribution in [0.5, 0.6) is 0 Å². The van der Waals surface area contributed by atoms with Crippen LogP contribution in [0, 0.1) is 6.92 Å². The number of ketones is 2. The van der Waals surface area contributed by atoms with E-state index in [1.54, 1.807) is 12.1 Å². The Bertz CT molecular complexity index is 778. The van der Waals surface area contributed by atoms with Crippen LogP contribution in [0.15, 0.2) is 54.4 Å². The Morgan fingerprint density at radius 3 is 2.73 bits per heavy atom. The van der Waals surface area contributed by atoms with Crippen LogP contribution in [-0.2, 0) is 6.42 Å². The molecule has 4 heteroatoms. The van der Waals surface area contributed by atoms with Gasteiger partial charge in [0.1, 0.15) is 5.69 Å². The minimum Gasteiger partial charge on any atom is -0.381 e. The second-order valence-electron chi connectivity index (χ2n) is 5.25. The summed E-state index contributed by atoms with van der Waals surface area (Å²) in [6.45, 7) is 2.65. The van der Waals surface area contributed by atoms with Crippen molar-refractivity contribution in [2.75, 3.05) is 6.54 Å². The van der Waals surface area contributed by atoms with Gasteiger partial charge in [0.15, 0.2) is 5.78 Å². The zero-order valence-electron chi connectivity index (χ0n) is 12.3. The Morgan fingerprint density at radius 2 is 1.91 bits per heavy atom. The number of benzene rings is 1. The molecule has 1 aromatic carbocycles. The number of pyridine rings is 1. The van der Waals surface area contributed by atoms with E-state index in [0.717, 1.165) is 6.42 Å². The Hall–Kier alpha value is -2.75. The highest BCUT2D eigenvalue weighted by molar-refractivity contribution is 6.23. The zero-order valence-corrected chi connectivity index (χ0v) is 12.3. The summed E-state index contributed by atoms with van der Waals surface area (Å²) < 4.78 is 0. The van der Waals surface area contributed by atoms with Crippen molar-refractivity contribution in [1.82, 2.24) is 10.3 Å². The average molecular weight is 292 g/mol. The van der Waals surface area contributed by atoms with Gasteiger partial charge in [0.25, 0.3) is 0 Å². The normalized spacial score (nSPS) is 13.6. The number of carbonyl (C=O) groups excluding carboxylic acids is 2. The number of aromatic nitrogens is 1. The fourth-order valence-corrected chi connectivity index (χ4v) is 2.54. The van der Waals surface area contributed by atoms with Crippen LogP contribution in [0.2, 0.25) is 0 Å². The van der Waals surface area contributed by atoms with Gasteiger partial charge in [-0.05, 0) is 36.6 Å². The molecule has 0 spiro atoms. The van der Waals surface area contributed by atoms with Gasteiger partial charge in [-0.15, -0.1) is 0 Å². The number of Topliss-reactive ketones (excluding diaryl/α,β-unsaturated/α-hetero) is 1. The number of nitrogens with one attached hydrogen (secondary N) is 1. The van der Waals surface area contributed by atoms with Gasteiger partial charge >= 0.3 is 0 Å². The summed E-state index contributed by atoms with van der Waals surface area (Å²) in [5.41, 5.74) is 3.37. The second kappa shape index (κ2) is 5.93. The second-order valence-corrected chi connectivity index (χ2v) is 5.25. The number of nitrogens with zero attached hydrogens (tertiary/aromatic N) is 1. The number of carbonyl (C=O) groups is 2. The van der Waals surface area contributed by atoms with Crippen molar-refractivity contribution in [3.05, 3.63) is 76.8 Å². The molecule has 1 aliphatic carbocycles. The summed E-state index contributed by atoms with van der Waals surface area (Å²) in [5, 5.41) is 3.07. The van der Waals surface area contributed by atoms with Gasteiger partial charge in [-0.1, -0.05) is 24.3 Å². The summed E-state index contributed by atoms with van der Waals surface area (Å²) in [4.78, 5) is 28.4. The fraction of sp³-hybridized carbons (Fsp3) is 0.167. The van der Waals surface area contributed by atoms with Crippen LogP contribution < -0.4 is 5.32 Å². The van der Waals surface area contributed by atoms with Gasteiger partial charge in [0.05, 0.1) is 11.3 Å². The maximum atomic E-state index is 12.3. The molecule has 1 N–H and O–H groups in total. The number of hydrogen-bond donors (Lipinski definition) is 1. The number of aryl methyl sites for hydroxylation is 1. The third kappa shape index (κ3) is 2.68. The first-order chi connectivity index (χ1) is 10.7. The molecule has 0 saturated carbocycles. The predicted octanol–water partition coefficient (Wildman–Crippen LogP) is 2.49. The van der Waals surface area contributed by atoms with Crippen LogP contribution in [0.3, 0.4) is 0 Å². The van der Waals surface area contributed by atoms with Gasteiger partial charge in [-0.3, -0.25) is 14.6 Å². The lowest BCUT2D eigenvalue weighted by atomic mass is 9.97. The van der Waals surface area contributed by atoms with Gasteiger partial charge in [0, 0.05) is 18.8 Å². The first-order valence-corrected chi connectivity index (χ1v) is 7.21. The van der Waals surface area contributed by atoms with E-state index in [2.05, 4.69) is 29.4 Å². The Kier molecular flexibility index (Phi) is 3.83. The Balaban J connectivity index is 1.71. The predicted molar refractivity (Wildman–Crippen MR) is 83.9 cm³/mol. The molecule has 2 aromatic rings. The SMILES string of the molecule is Cc1ccccc1CCNC1=CC(=O)c2cccnc2C1=O. The minimum atomic E-state index is -0.222. The molecule has 0 atom stereocenters. The maximum Gasteiger partial charge on any atom is 0.228 e. The van der Waals surface area contributed by atoms with E-state index in [1.807, 2.05) is 12.1 Å². The maximum absolute atomic E-state index is 12.3. The highest BCUT2D eigenvalue weighted by Crippen LogP contribution is 2.17. The smallest absolute Gasteiger partial charge is 0.228 e. The van der Waals surface area contributed by atoms with Crippen molar-refractivity contribution in [3.8, 4) is 0 Å². The van der Waals surface area contributed by atoms with Crippen molar-refractivity contribution in [1.29, 1.82) is 0 Å². The number of allylic oxidation sites excluding steroid dienone is 2. The first-order valence-electron chi connectivity index (χ1n) is 7.21. The number of hydrogen-bond acceptors (Lipinski definition) is 4. The molecule has 0 saturated heterocycles. The largest absolute Gasteiger partial charge is 0.381 e. The van der Waals surface area contributed by atoms with Crippen molar-refractivity contribution >= 4 is 11.6 Å². The van der Waals surface area contributed by atoms with E-state index in [9.17, 15) is 9.59 Å². The molecule has 22 heavy (non-hydrogen) atoms. The summed E-state index contributed by atoms with van der Waals surface area (Å²) in [5.74, 6) is -0.402. The fourth-order valence-electron chi connectivity index (χ4n) is 2.54. The quantitative estimate of drug-likeness (QED) is 0.940. The lowest BCUT2D eigenvalue weighted by molar-refractivity contribution is 0.0974. The van der Waals surface area contributed by atoms with Crippen molar-refractivity contribution in [2.45, 2.75) is 13.3 Å². The number of fused-ring (bicyclic) bond motifs is 1. The van der Waals surface area contributed by atoms with E-state index in [0.29, 0.717) is 17.8 Å². The molecule has 1 heterocycles. The number of rotatable bonds is 4. The van der Waals surface area contributed by atoms with Crippen LogP contribution in [0.25, 0.3) is 0 Å². The third-order valence-electron chi connectivity index (χ3n) is 3.78. The van der Waals surface area contributed by atoms with E-state index in [4.69, 9.17) is 0 Å². The Labute approximate surface area is 128 Å². The van der Waals surface area contributed by atoms with Crippen molar-refractivity contribution in [3.63, 3.8) is 0 Å². The molecule has 0 unspecified atom stereocenters. The van der Waals surface area contributed by atoms with Crippen molar-refractivity contribution in [2.24, 2.45) is 0 Å².